The summed E-state index contributed by atoms with van der Waals surface area (Å²) >= 11 is 6.51. The van der Waals surface area contributed by atoms with Crippen LogP contribution in [0.4, 0.5) is 0 Å². The lowest BCUT2D eigenvalue weighted by atomic mass is 9.91. The van der Waals surface area contributed by atoms with Gasteiger partial charge in [0.15, 0.2) is 0 Å². The highest BCUT2D eigenvalue weighted by molar-refractivity contribution is 6.31. The molecule has 4 aromatic rings. The molecule has 1 atom stereocenters. The molecule has 0 saturated carbocycles. The standard InChI is InChI=1S/C22H18ClN3/c23-21-7-3-1-5-17(21)19(14-25-13-16-9-11-24-12-10-16)20-15-26-22-8-4-2-6-18(20)22/h1-13,15,19,26H,14H2. The molecule has 26 heavy (non-hydrogen) atoms. The van der Waals surface area contributed by atoms with Crippen LogP contribution in [-0.2, 0) is 0 Å². The number of halogens is 1. The van der Waals surface area contributed by atoms with Gasteiger partial charge in [-0.25, -0.2) is 0 Å². The Morgan fingerprint density at radius 2 is 1.73 bits per heavy atom. The van der Waals surface area contributed by atoms with Crippen molar-refractivity contribution < 1.29 is 0 Å². The van der Waals surface area contributed by atoms with Crippen molar-refractivity contribution in [3.05, 3.63) is 101 Å². The zero-order chi connectivity index (χ0) is 17.8. The van der Waals surface area contributed by atoms with E-state index in [9.17, 15) is 0 Å². The lowest BCUT2D eigenvalue weighted by Crippen LogP contribution is -2.06. The fourth-order valence-electron chi connectivity index (χ4n) is 3.22. The van der Waals surface area contributed by atoms with Crippen molar-refractivity contribution in [2.45, 2.75) is 5.92 Å². The maximum Gasteiger partial charge on any atom is 0.0500 e. The number of aliphatic imine (C=N–C) groups is 1. The number of nitrogens with one attached hydrogen (secondary N) is 1. The maximum absolute atomic E-state index is 6.51. The van der Waals surface area contributed by atoms with Crippen molar-refractivity contribution in [3.63, 3.8) is 0 Å². The van der Waals surface area contributed by atoms with E-state index < -0.39 is 0 Å². The van der Waals surface area contributed by atoms with Crippen LogP contribution in [0.5, 0.6) is 0 Å². The van der Waals surface area contributed by atoms with Gasteiger partial charge in [-0.1, -0.05) is 48.0 Å². The summed E-state index contributed by atoms with van der Waals surface area (Å²) in [4.78, 5) is 12.1. The first-order valence-electron chi connectivity index (χ1n) is 8.53. The Morgan fingerprint density at radius 1 is 0.962 bits per heavy atom. The Labute approximate surface area is 157 Å². The topological polar surface area (TPSA) is 41.0 Å². The minimum absolute atomic E-state index is 0.0814. The van der Waals surface area contributed by atoms with Crippen molar-refractivity contribution in [1.29, 1.82) is 0 Å². The van der Waals surface area contributed by atoms with Gasteiger partial charge in [-0.2, -0.15) is 0 Å². The molecule has 0 aliphatic carbocycles. The van der Waals surface area contributed by atoms with Crippen LogP contribution < -0.4 is 0 Å². The van der Waals surface area contributed by atoms with Gasteiger partial charge in [-0.3, -0.25) is 9.98 Å². The van der Waals surface area contributed by atoms with E-state index in [1.54, 1.807) is 12.4 Å². The monoisotopic (exact) mass is 359 g/mol. The van der Waals surface area contributed by atoms with Crippen LogP contribution in [0, 0.1) is 0 Å². The van der Waals surface area contributed by atoms with Gasteiger partial charge in [-0.15, -0.1) is 0 Å². The van der Waals surface area contributed by atoms with Gasteiger partial charge in [0.05, 0.1) is 0 Å². The number of nitrogens with zero attached hydrogens (tertiary/aromatic N) is 2. The second-order valence-corrected chi connectivity index (χ2v) is 6.55. The van der Waals surface area contributed by atoms with Crippen molar-refractivity contribution in [2.75, 3.05) is 6.54 Å². The second kappa shape index (κ2) is 7.54. The van der Waals surface area contributed by atoms with E-state index in [1.807, 2.05) is 42.6 Å². The average Bonchev–Trinajstić information content (AvgIpc) is 3.11. The third-order valence-electron chi connectivity index (χ3n) is 4.51. The van der Waals surface area contributed by atoms with E-state index in [0.717, 1.165) is 21.7 Å². The molecular formula is C22H18ClN3. The maximum atomic E-state index is 6.51. The second-order valence-electron chi connectivity index (χ2n) is 6.14. The summed E-state index contributed by atoms with van der Waals surface area (Å²) < 4.78 is 0. The summed E-state index contributed by atoms with van der Waals surface area (Å²) in [5, 5.41) is 1.97. The number of rotatable bonds is 5. The molecule has 1 N–H and O–H groups in total. The highest BCUT2D eigenvalue weighted by Gasteiger charge is 2.19. The molecule has 0 radical (unpaired) electrons. The van der Waals surface area contributed by atoms with Gasteiger partial charge in [0.25, 0.3) is 0 Å². The Balaban J connectivity index is 1.73. The van der Waals surface area contributed by atoms with Crippen molar-refractivity contribution in [1.82, 2.24) is 9.97 Å². The zero-order valence-corrected chi connectivity index (χ0v) is 14.9. The van der Waals surface area contributed by atoms with Crippen LogP contribution in [0.2, 0.25) is 5.02 Å². The number of H-pyrrole nitrogens is 1. The van der Waals surface area contributed by atoms with E-state index in [2.05, 4.69) is 40.4 Å². The summed E-state index contributed by atoms with van der Waals surface area (Å²) in [6.45, 7) is 0.619. The molecule has 3 nitrogen and oxygen atoms in total. The number of hydrogen-bond acceptors (Lipinski definition) is 2. The highest BCUT2D eigenvalue weighted by atomic mass is 35.5. The van der Waals surface area contributed by atoms with Crippen LogP contribution in [-0.4, -0.2) is 22.7 Å². The first-order valence-corrected chi connectivity index (χ1v) is 8.91. The molecule has 0 bridgehead atoms. The molecular weight excluding hydrogens is 342 g/mol. The molecule has 0 spiro atoms. The van der Waals surface area contributed by atoms with Gasteiger partial charge in [0.1, 0.15) is 0 Å². The molecule has 0 amide bonds. The Bertz CT molecular complexity index is 1040. The number of fused-ring (bicyclic) bond motifs is 1. The fraction of sp³-hybridized carbons (Fsp3) is 0.0909. The number of para-hydroxylation sites is 1. The lowest BCUT2D eigenvalue weighted by Gasteiger charge is -2.16. The van der Waals surface area contributed by atoms with Gasteiger partial charge in [-0.05, 0) is 41.0 Å². The molecule has 2 aromatic carbocycles. The largest absolute Gasteiger partial charge is 0.361 e. The van der Waals surface area contributed by atoms with Crippen molar-refractivity contribution in [3.8, 4) is 0 Å². The number of pyridine rings is 1. The molecule has 2 heterocycles. The van der Waals surface area contributed by atoms with Crippen LogP contribution in [0.15, 0.2) is 84.2 Å². The zero-order valence-electron chi connectivity index (χ0n) is 14.1. The quantitative estimate of drug-likeness (QED) is 0.472. The molecule has 1 unspecified atom stereocenters. The van der Waals surface area contributed by atoms with E-state index in [-0.39, 0.29) is 5.92 Å². The minimum Gasteiger partial charge on any atom is -0.361 e. The van der Waals surface area contributed by atoms with E-state index in [0.29, 0.717) is 6.54 Å². The normalized spacial score (nSPS) is 12.7. The minimum atomic E-state index is 0.0814. The summed E-state index contributed by atoms with van der Waals surface area (Å²) in [7, 11) is 0. The van der Waals surface area contributed by atoms with E-state index in [4.69, 9.17) is 16.6 Å². The van der Waals surface area contributed by atoms with Crippen molar-refractivity contribution in [2.24, 2.45) is 4.99 Å². The molecule has 0 aliphatic rings. The van der Waals surface area contributed by atoms with Crippen LogP contribution in [0.25, 0.3) is 10.9 Å². The van der Waals surface area contributed by atoms with Crippen LogP contribution >= 0.6 is 11.6 Å². The molecule has 0 saturated heterocycles. The molecule has 128 valence electrons. The van der Waals surface area contributed by atoms with Gasteiger partial charge in [0.2, 0.25) is 0 Å². The first-order chi connectivity index (χ1) is 12.8. The SMILES string of the molecule is Clc1ccccc1C(CN=Cc1ccncc1)c1c[nH]c2ccccc12. The van der Waals surface area contributed by atoms with Gasteiger partial charge in [0, 0.05) is 53.2 Å². The summed E-state index contributed by atoms with van der Waals surface area (Å²) in [6, 6.07) is 20.2. The lowest BCUT2D eigenvalue weighted by molar-refractivity contribution is 0.829. The fourth-order valence-corrected chi connectivity index (χ4v) is 3.48. The van der Waals surface area contributed by atoms with Crippen LogP contribution in [0.1, 0.15) is 22.6 Å². The third-order valence-corrected chi connectivity index (χ3v) is 4.86. The predicted molar refractivity (Wildman–Crippen MR) is 108 cm³/mol. The Kier molecular flexibility index (Phi) is 4.80. The molecule has 4 rings (SSSR count). The predicted octanol–water partition coefficient (Wildman–Crippen LogP) is 5.47. The third kappa shape index (κ3) is 3.39. The molecule has 0 fully saturated rings. The average molecular weight is 360 g/mol. The van der Waals surface area contributed by atoms with Gasteiger partial charge < -0.3 is 4.98 Å². The molecule has 4 heteroatoms. The number of benzene rings is 2. The van der Waals surface area contributed by atoms with E-state index in [1.165, 1.54) is 10.9 Å². The smallest absolute Gasteiger partial charge is 0.0500 e. The number of aromatic amines is 1. The Morgan fingerprint density at radius 3 is 2.58 bits per heavy atom. The molecule has 2 aromatic heterocycles. The van der Waals surface area contributed by atoms with Crippen LogP contribution in [0.3, 0.4) is 0 Å². The number of hydrogen-bond donors (Lipinski definition) is 1. The first kappa shape index (κ1) is 16.6. The summed E-state index contributed by atoms with van der Waals surface area (Å²) in [6.07, 6.45) is 7.50. The summed E-state index contributed by atoms with van der Waals surface area (Å²) in [5.41, 5.74) is 4.46. The number of aromatic nitrogens is 2. The van der Waals surface area contributed by atoms with E-state index >= 15 is 0 Å². The Hall–Kier alpha value is -2.91. The summed E-state index contributed by atoms with van der Waals surface area (Å²) in [5.74, 6) is 0.0814. The highest BCUT2D eigenvalue weighted by Crippen LogP contribution is 2.34. The van der Waals surface area contributed by atoms with Gasteiger partial charge >= 0.3 is 0 Å². The molecule has 0 aliphatic heterocycles. The van der Waals surface area contributed by atoms with Crippen molar-refractivity contribution >= 4 is 28.7 Å².